The number of esters is 1. The SMILES string of the molecule is CC(CC(=O)OC(C)(C)C)CS(=O)(=O)O. The highest BCUT2D eigenvalue weighted by molar-refractivity contribution is 7.85. The van der Waals surface area contributed by atoms with Gasteiger partial charge < -0.3 is 4.74 Å². The van der Waals surface area contributed by atoms with Gasteiger partial charge in [-0.05, 0) is 26.7 Å². The molecule has 0 aliphatic rings. The Morgan fingerprint density at radius 1 is 1.40 bits per heavy atom. The summed E-state index contributed by atoms with van der Waals surface area (Å²) in [5.74, 6) is -1.33. The molecule has 0 heterocycles. The van der Waals surface area contributed by atoms with Crippen molar-refractivity contribution in [1.29, 1.82) is 0 Å². The van der Waals surface area contributed by atoms with E-state index >= 15 is 0 Å². The first-order valence-electron chi connectivity index (χ1n) is 4.66. The molecular formula is C9H18O5S. The number of rotatable bonds is 4. The van der Waals surface area contributed by atoms with Gasteiger partial charge in [0.15, 0.2) is 0 Å². The molecule has 5 nitrogen and oxygen atoms in total. The van der Waals surface area contributed by atoms with Crippen LogP contribution in [0.4, 0.5) is 0 Å². The van der Waals surface area contributed by atoms with Crippen molar-refractivity contribution in [2.75, 3.05) is 5.75 Å². The highest BCUT2D eigenvalue weighted by Crippen LogP contribution is 2.12. The lowest BCUT2D eigenvalue weighted by molar-refractivity contribution is -0.155. The van der Waals surface area contributed by atoms with Gasteiger partial charge in [0.2, 0.25) is 0 Å². The lowest BCUT2D eigenvalue weighted by Gasteiger charge is -2.20. The minimum absolute atomic E-state index is 0.0168. The average molecular weight is 238 g/mol. The van der Waals surface area contributed by atoms with Crippen LogP contribution in [0.15, 0.2) is 0 Å². The number of hydrogen-bond acceptors (Lipinski definition) is 4. The van der Waals surface area contributed by atoms with E-state index in [-0.39, 0.29) is 6.42 Å². The molecule has 0 aromatic carbocycles. The van der Waals surface area contributed by atoms with E-state index in [2.05, 4.69) is 0 Å². The van der Waals surface area contributed by atoms with E-state index in [4.69, 9.17) is 9.29 Å². The van der Waals surface area contributed by atoms with Gasteiger partial charge in [-0.1, -0.05) is 6.92 Å². The van der Waals surface area contributed by atoms with Crippen LogP contribution in [0.3, 0.4) is 0 Å². The molecule has 0 rings (SSSR count). The van der Waals surface area contributed by atoms with E-state index in [9.17, 15) is 13.2 Å². The molecule has 0 radical (unpaired) electrons. The Hall–Kier alpha value is -0.620. The molecule has 0 fully saturated rings. The second kappa shape index (κ2) is 4.94. The second-order valence-corrected chi connectivity index (χ2v) is 6.14. The summed E-state index contributed by atoms with van der Waals surface area (Å²) in [7, 11) is -4.02. The van der Waals surface area contributed by atoms with Crippen molar-refractivity contribution in [1.82, 2.24) is 0 Å². The fraction of sp³-hybridized carbons (Fsp3) is 0.889. The van der Waals surface area contributed by atoms with Gasteiger partial charge >= 0.3 is 5.97 Å². The second-order valence-electron chi connectivity index (χ2n) is 4.64. The van der Waals surface area contributed by atoms with Gasteiger partial charge in [-0.2, -0.15) is 8.42 Å². The van der Waals surface area contributed by atoms with E-state index in [1.54, 1.807) is 27.7 Å². The molecule has 0 saturated carbocycles. The quantitative estimate of drug-likeness (QED) is 0.588. The third kappa shape index (κ3) is 9.68. The van der Waals surface area contributed by atoms with Crippen LogP contribution < -0.4 is 0 Å². The number of ether oxygens (including phenoxy) is 1. The van der Waals surface area contributed by atoms with Gasteiger partial charge in [0.1, 0.15) is 5.60 Å². The van der Waals surface area contributed by atoms with E-state index in [0.29, 0.717) is 0 Å². The molecule has 0 amide bonds. The number of carbonyl (C=O) groups excluding carboxylic acids is 1. The lowest BCUT2D eigenvalue weighted by Crippen LogP contribution is -2.26. The van der Waals surface area contributed by atoms with Crippen molar-refractivity contribution in [3.63, 3.8) is 0 Å². The summed E-state index contributed by atoms with van der Waals surface area (Å²) >= 11 is 0. The summed E-state index contributed by atoms with van der Waals surface area (Å²) in [5, 5.41) is 0. The summed E-state index contributed by atoms with van der Waals surface area (Å²) in [4.78, 5) is 11.3. The van der Waals surface area contributed by atoms with Crippen molar-refractivity contribution in [2.24, 2.45) is 5.92 Å². The van der Waals surface area contributed by atoms with Crippen LogP contribution in [0.1, 0.15) is 34.1 Å². The smallest absolute Gasteiger partial charge is 0.306 e. The maximum Gasteiger partial charge on any atom is 0.306 e. The van der Waals surface area contributed by atoms with Gasteiger partial charge in [-0.15, -0.1) is 0 Å². The minimum atomic E-state index is -4.02. The van der Waals surface area contributed by atoms with Gasteiger partial charge in [0.25, 0.3) is 10.1 Å². The maximum absolute atomic E-state index is 11.3. The topological polar surface area (TPSA) is 80.7 Å². The van der Waals surface area contributed by atoms with Crippen molar-refractivity contribution < 1.29 is 22.5 Å². The molecule has 0 spiro atoms. The van der Waals surface area contributed by atoms with Gasteiger partial charge in [-0.3, -0.25) is 9.35 Å². The first kappa shape index (κ1) is 14.4. The zero-order chi connectivity index (χ0) is 12.3. The normalized spacial score (nSPS) is 14.7. The largest absolute Gasteiger partial charge is 0.460 e. The number of hydrogen-bond donors (Lipinski definition) is 1. The Bertz CT molecular complexity index is 312. The zero-order valence-electron chi connectivity index (χ0n) is 9.48. The Labute approximate surface area is 90.6 Å². The molecule has 0 aromatic heterocycles. The average Bonchev–Trinajstić information content (AvgIpc) is 1.73. The summed E-state index contributed by atoms with van der Waals surface area (Å²) in [6.45, 7) is 6.77. The molecule has 6 heteroatoms. The standard InChI is InChI=1S/C9H18O5S/c1-7(6-15(11,12)13)5-8(10)14-9(2,3)4/h7H,5-6H2,1-4H3,(H,11,12,13). The van der Waals surface area contributed by atoms with Crippen LogP contribution in [0, 0.1) is 5.92 Å². The van der Waals surface area contributed by atoms with Crippen LogP contribution in [0.2, 0.25) is 0 Å². The summed E-state index contributed by atoms with van der Waals surface area (Å²) in [6.07, 6.45) is -0.0168. The van der Waals surface area contributed by atoms with E-state index in [0.717, 1.165) is 0 Å². The van der Waals surface area contributed by atoms with E-state index in [1.807, 2.05) is 0 Å². The lowest BCUT2D eigenvalue weighted by atomic mass is 10.1. The Kier molecular flexibility index (Phi) is 4.73. The molecule has 1 unspecified atom stereocenters. The van der Waals surface area contributed by atoms with Crippen LogP contribution in [0.5, 0.6) is 0 Å². The summed E-state index contributed by atoms with van der Waals surface area (Å²) < 4.78 is 34.6. The van der Waals surface area contributed by atoms with Crippen molar-refractivity contribution in [3.05, 3.63) is 0 Å². The third-order valence-corrected chi connectivity index (χ3v) is 2.42. The highest BCUT2D eigenvalue weighted by atomic mass is 32.2. The molecule has 0 saturated heterocycles. The minimum Gasteiger partial charge on any atom is -0.460 e. The number of carbonyl (C=O) groups is 1. The van der Waals surface area contributed by atoms with Gasteiger partial charge in [0.05, 0.1) is 5.75 Å². The monoisotopic (exact) mass is 238 g/mol. The molecule has 1 N–H and O–H groups in total. The molecule has 0 aliphatic carbocycles. The zero-order valence-corrected chi connectivity index (χ0v) is 10.3. The molecular weight excluding hydrogens is 220 g/mol. The van der Waals surface area contributed by atoms with Crippen molar-refractivity contribution >= 4 is 16.1 Å². The van der Waals surface area contributed by atoms with Crippen LogP contribution in [0.25, 0.3) is 0 Å². The van der Waals surface area contributed by atoms with Crippen molar-refractivity contribution in [2.45, 2.75) is 39.7 Å². The predicted octanol–water partition coefficient (Wildman–Crippen LogP) is 1.24. The van der Waals surface area contributed by atoms with Gasteiger partial charge in [-0.25, -0.2) is 0 Å². The molecule has 0 aliphatic heterocycles. The Balaban J connectivity index is 4.09. The van der Waals surface area contributed by atoms with Crippen LogP contribution in [-0.2, 0) is 19.6 Å². The Morgan fingerprint density at radius 2 is 1.87 bits per heavy atom. The highest BCUT2D eigenvalue weighted by Gasteiger charge is 2.20. The fourth-order valence-corrected chi connectivity index (χ4v) is 1.92. The van der Waals surface area contributed by atoms with Crippen LogP contribution in [-0.4, -0.2) is 30.3 Å². The van der Waals surface area contributed by atoms with E-state index < -0.39 is 33.4 Å². The van der Waals surface area contributed by atoms with Crippen LogP contribution >= 0.6 is 0 Å². The molecule has 15 heavy (non-hydrogen) atoms. The first-order valence-corrected chi connectivity index (χ1v) is 6.27. The van der Waals surface area contributed by atoms with E-state index in [1.165, 1.54) is 0 Å². The van der Waals surface area contributed by atoms with Crippen molar-refractivity contribution in [3.8, 4) is 0 Å². The summed E-state index contributed by atoms with van der Waals surface area (Å²) in [5.41, 5.74) is -0.575. The predicted molar refractivity (Wildman–Crippen MR) is 56.0 cm³/mol. The fourth-order valence-electron chi connectivity index (χ4n) is 1.09. The molecule has 1 atom stereocenters. The first-order chi connectivity index (χ1) is 6.49. The third-order valence-electron chi connectivity index (χ3n) is 1.43. The maximum atomic E-state index is 11.3. The molecule has 90 valence electrons. The Morgan fingerprint density at radius 3 is 2.20 bits per heavy atom. The summed E-state index contributed by atoms with van der Waals surface area (Å²) in [6, 6.07) is 0. The molecule has 0 bridgehead atoms. The molecule has 0 aromatic rings. The van der Waals surface area contributed by atoms with Gasteiger partial charge in [0, 0.05) is 6.42 Å².